The molecule has 35 heavy (non-hydrogen) atoms. The van der Waals surface area contributed by atoms with Gasteiger partial charge in [-0.15, -0.1) is 0 Å². The number of amides is 2. The molecule has 0 heterocycles. The Bertz CT molecular complexity index is 1030. The predicted octanol–water partition coefficient (Wildman–Crippen LogP) is 4.65. The van der Waals surface area contributed by atoms with Crippen LogP contribution in [-0.4, -0.2) is 54.2 Å². The van der Waals surface area contributed by atoms with Crippen molar-refractivity contribution in [3.8, 4) is 11.1 Å². The number of rotatable bonds is 8. The van der Waals surface area contributed by atoms with Gasteiger partial charge in [0.15, 0.2) is 0 Å². The minimum Gasteiger partial charge on any atom is -0.480 e. The van der Waals surface area contributed by atoms with E-state index in [1.165, 1.54) is 27.2 Å². The number of carbonyl (C=O) groups is 3. The second-order valence-corrected chi connectivity index (χ2v) is 9.64. The zero-order valence-electron chi connectivity index (χ0n) is 20.4. The van der Waals surface area contributed by atoms with Crippen LogP contribution >= 0.6 is 0 Å². The third-order valence-corrected chi connectivity index (χ3v) is 7.56. The topological polar surface area (TPSA) is 95.9 Å². The number of fused-ring (bicyclic) bond motifs is 3. The molecule has 2 aliphatic carbocycles. The number of aliphatic carboxylic acids is 1. The van der Waals surface area contributed by atoms with Gasteiger partial charge in [-0.1, -0.05) is 55.5 Å². The third kappa shape index (κ3) is 5.34. The summed E-state index contributed by atoms with van der Waals surface area (Å²) in [5.41, 5.74) is 4.76. The van der Waals surface area contributed by atoms with Crippen molar-refractivity contribution in [1.29, 1.82) is 0 Å². The van der Waals surface area contributed by atoms with E-state index in [-0.39, 0.29) is 30.3 Å². The maximum atomic E-state index is 12.7. The van der Waals surface area contributed by atoms with E-state index in [9.17, 15) is 19.5 Å². The number of carboxylic acid groups (broad SMARTS) is 1. The summed E-state index contributed by atoms with van der Waals surface area (Å²) in [4.78, 5) is 37.9. The van der Waals surface area contributed by atoms with Crippen molar-refractivity contribution in [2.45, 2.75) is 51.0 Å². The van der Waals surface area contributed by atoms with Crippen molar-refractivity contribution < 1.29 is 24.2 Å². The summed E-state index contributed by atoms with van der Waals surface area (Å²) in [6.07, 6.45) is 3.01. The fraction of sp³-hybridized carbons (Fsp3) is 0.464. The molecule has 2 amide bonds. The van der Waals surface area contributed by atoms with Gasteiger partial charge < -0.3 is 20.1 Å². The van der Waals surface area contributed by atoms with E-state index < -0.39 is 18.1 Å². The number of carboxylic acids is 1. The van der Waals surface area contributed by atoms with Crippen molar-refractivity contribution in [2.75, 3.05) is 20.2 Å². The summed E-state index contributed by atoms with van der Waals surface area (Å²) in [5.74, 6) is -0.902. The summed E-state index contributed by atoms with van der Waals surface area (Å²) in [6.45, 7) is 2.57. The van der Waals surface area contributed by atoms with Crippen LogP contribution in [0, 0.1) is 11.8 Å². The highest BCUT2D eigenvalue weighted by Crippen LogP contribution is 2.44. The van der Waals surface area contributed by atoms with Gasteiger partial charge in [0.2, 0.25) is 5.91 Å². The number of benzene rings is 2. The molecule has 0 aliphatic heterocycles. The first-order chi connectivity index (χ1) is 16.9. The summed E-state index contributed by atoms with van der Waals surface area (Å²) in [6, 6.07) is 15.7. The molecule has 1 atom stereocenters. The van der Waals surface area contributed by atoms with Crippen molar-refractivity contribution >= 4 is 18.0 Å². The molecule has 1 fully saturated rings. The molecule has 2 N–H and O–H groups in total. The molecule has 2 aromatic rings. The van der Waals surface area contributed by atoms with E-state index in [0.29, 0.717) is 25.8 Å². The highest BCUT2D eigenvalue weighted by atomic mass is 16.5. The molecular formula is C28H34N2O5. The van der Waals surface area contributed by atoms with Crippen molar-refractivity contribution in [3.63, 3.8) is 0 Å². The quantitative estimate of drug-likeness (QED) is 0.576. The second-order valence-electron chi connectivity index (χ2n) is 9.64. The maximum Gasteiger partial charge on any atom is 0.407 e. The number of nitrogens with zero attached hydrogens (tertiary/aromatic N) is 1. The lowest BCUT2D eigenvalue weighted by atomic mass is 9.81. The van der Waals surface area contributed by atoms with Gasteiger partial charge in [-0.2, -0.15) is 0 Å². The Morgan fingerprint density at radius 2 is 1.57 bits per heavy atom. The van der Waals surface area contributed by atoms with Gasteiger partial charge in [0, 0.05) is 25.4 Å². The minimum absolute atomic E-state index is 0.0318. The van der Waals surface area contributed by atoms with Gasteiger partial charge in [0.05, 0.1) is 0 Å². The van der Waals surface area contributed by atoms with E-state index in [4.69, 9.17) is 4.74 Å². The van der Waals surface area contributed by atoms with Crippen LogP contribution in [0.2, 0.25) is 0 Å². The Labute approximate surface area is 206 Å². The molecule has 0 saturated heterocycles. The number of hydrogen-bond donors (Lipinski definition) is 2. The summed E-state index contributed by atoms with van der Waals surface area (Å²) >= 11 is 0. The van der Waals surface area contributed by atoms with Crippen LogP contribution < -0.4 is 5.32 Å². The van der Waals surface area contributed by atoms with E-state index in [2.05, 4.69) is 29.6 Å². The number of likely N-dealkylation sites (N-methyl/N-ethyl adjacent to an activating group) is 1. The molecule has 7 heteroatoms. The van der Waals surface area contributed by atoms with E-state index in [0.717, 1.165) is 12.8 Å². The molecule has 4 rings (SSSR count). The molecule has 1 saturated carbocycles. The number of ether oxygens (including phenoxy) is 1. The van der Waals surface area contributed by atoms with Gasteiger partial charge in [0.25, 0.3) is 0 Å². The fourth-order valence-electron chi connectivity index (χ4n) is 5.55. The van der Waals surface area contributed by atoms with Crippen LogP contribution in [0.5, 0.6) is 0 Å². The first kappa shape index (κ1) is 24.8. The Morgan fingerprint density at radius 1 is 1.00 bits per heavy atom. The zero-order chi connectivity index (χ0) is 24.9. The lowest BCUT2D eigenvalue weighted by molar-refractivity contribution is -0.151. The first-order valence-corrected chi connectivity index (χ1v) is 12.5. The third-order valence-electron chi connectivity index (χ3n) is 7.56. The molecule has 186 valence electrons. The zero-order valence-corrected chi connectivity index (χ0v) is 20.4. The van der Waals surface area contributed by atoms with Gasteiger partial charge in [-0.25, -0.2) is 9.59 Å². The van der Waals surface area contributed by atoms with Crippen LogP contribution in [-0.2, 0) is 14.3 Å². The van der Waals surface area contributed by atoms with Gasteiger partial charge >= 0.3 is 12.1 Å². The van der Waals surface area contributed by atoms with Crippen LogP contribution in [0.3, 0.4) is 0 Å². The van der Waals surface area contributed by atoms with E-state index in [1.54, 1.807) is 14.0 Å². The summed E-state index contributed by atoms with van der Waals surface area (Å²) in [7, 11) is 1.58. The Morgan fingerprint density at radius 3 is 2.11 bits per heavy atom. The Kier molecular flexibility index (Phi) is 7.73. The van der Waals surface area contributed by atoms with Gasteiger partial charge in [-0.05, 0) is 60.3 Å². The van der Waals surface area contributed by atoms with Crippen LogP contribution in [0.1, 0.15) is 56.1 Å². The number of carbonyl (C=O) groups excluding carboxylic acids is 2. The molecule has 0 radical (unpaired) electrons. The van der Waals surface area contributed by atoms with Crippen molar-refractivity contribution in [2.24, 2.45) is 11.8 Å². The van der Waals surface area contributed by atoms with E-state index in [1.807, 2.05) is 24.3 Å². The lowest BCUT2D eigenvalue weighted by Gasteiger charge is -2.32. The number of alkyl carbamates (subject to hydrolysis) is 1. The molecule has 2 aliphatic rings. The average Bonchev–Trinajstić information content (AvgIpc) is 3.20. The summed E-state index contributed by atoms with van der Waals surface area (Å²) in [5, 5.41) is 12.2. The number of nitrogens with one attached hydrogen (secondary N) is 1. The molecule has 1 unspecified atom stereocenters. The summed E-state index contributed by atoms with van der Waals surface area (Å²) < 4.78 is 5.62. The molecule has 7 nitrogen and oxygen atoms in total. The monoisotopic (exact) mass is 478 g/mol. The lowest BCUT2D eigenvalue weighted by Crippen LogP contribution is -2.45. The average molecular weight is 479 g/mol. The molecule has 2 aromatic carbocycles. The van der Waals surface area contributed by atoms with E-state index >= 15 is 0 Å². The van der Waals surface area contributed by atoms with Crippen molar-refractivity contribution in [1.82, 2.24) is 10.2 Å². The smallest absolute Gasteiger partial charge is 0.407 e. The van der Waals surface area contributed by atoms with Crippen molar-refractivity contribution in [3.05, 3.63) is 59.7 Å². The first-order valence-electron chi connectivity index (χ1n) is 12.5. The molecule has 0 bridgehead atoms. The molecular weight excluding hydrogens is 444 g/mol. The standard InChI is InChI=1S/C28H34N2O5/c1-3-25(27(32)33)30(2)26(31)19-14-12-18(13-15-19)16-29-28(34)35-17-24-22-10-6-4-8-20(22)21-9-5-7-11-23(21)24/h4-11,18-19,24-25H,3,12-17H2,1-2H3,(H,29,34)(H,32,33). The Balaban J connectivity index is 1.23. The van der Waals surface area contributed by atoms with Crippen LogP contribution in [0.15, 0.2) is 48.5 Å². The molecule has 0 spiro atoms. The number of hydrogen-bond acceptors (Lipinski definition) is 4. The highest BCUT2D eigenvalue weighted by molar-refractivity contribution is 5.85. The minimum atomic E-state index is -0.968. The highest BCUT2D eigenvalue weighted by Gasteiger charge is 2.33. The maximum absolute atomic E-state index is 12.7. The largest absolute Gasteiger partial charge is 0.480 e. The fourth-order valence-corrected chi connectivity index (χ4v) is 5.55. The molecule has 0 aromatic heterocycles. The normalized spacial score (nSPS) is 19.8. The van der Waals surface area contributed by atoms with Crippen LogP contribution in [0.25, 0.3) is 11.1 Å². The Hall–Kier alpha value is -3.35. The van der Waals surface area contributed by atoms with Crippen LogP contribution in [0.4, 0.5) is 4.79 Å². The van der Waals surface area contributed by atoms with Gasteiger partial charge in [-0.3, -0.25) is 4.79 Å². The second kappa shape index (κ2) is 10.9. The SMILES string of the molecule is CCC(C(=O)O)N(C)C(=O)C1CCC(CNC(=O)OCC2c3ccccc3-c3ccccc32)CC1. The predicted molar refractivity (Wildman–Crippen MR) is 133 cm³/mol. The van der Waals surface area contributed by atoms with Gasteiger partial charge in [0.1, 0.15) is 12.6 Å².